The fraction of sp³-hybridized carbons (Fsp3) is 0.231. The molecular weight excluding hydrogens is 314 g/mol. The van der Waals surface area contributed by atoms with Gasteiger partial charge < -0.3 is 14.4 Å². The van der Waals surface area contributed by atoms with E-state index >= 15 is 0 Å². The largest absolute Gasteiger partial charge is 0.496 e. The van der Waals surface area contributed by atoms with E-state index in [0.717, 1.165) is 26.9 Å². The first-order chi connectivity index (χ1) is 8.95. The van der Waals surface area contributed by atoms with Gasteiger partial charge in [-0.1, -0.05) is 5.16 Å². The topological polar surface area (TPSA) is 72.6 Å². The molecule has 0 saturated carbocycles. The molecule has 0 unspecified atom stereocenters. The summed E-state index contributed by atoms with van der Waals surface area (Å²) in [5.41, 5.74) is 2.53. The van der Waals surface area contributed by atoms with E-state index in [1.165, 1.54) is 6.07 Å². The second-order valence-electron chi connectivity index (χ2n) is 4.09. The summed E-state index contributed by atoms with van der Waals surface area (Å²) in [4.78, 5) is 10.8. The number of nitrogens with zero attached hydrogens (tertiary/aromatic N) is 1. The summed E-state index contributed by atoms with van der Waals surface area (Å²) in [7, 11) is 1.59. The van der Waals surface area contributed by atoms with E-state index in [0.29, 0.717) is 5.76 Å². The Hall–Kier alpha value is -1.82. The molecule has 6 heteroatoms. The normalized spacial score (nSPS) is 10.5. The van der Waals surface area contributed by atoms with Crippen LogP contribution < -0.4 is 4.74 Å². The van der Waals surface area contributed by atoms with Crippen molar-refractivity contribution in [3.8, 4) is 17.1 Å². The number of ether oxygens (including phenoxy) is 1. The standard InChI is InChI=1S/C13H12BrNO4/c1-6-4-10(18-3)12(14)7(2)11(6)9-5-8(13(16)17)15-19-9/h4-5H,1-3H3,(H,16,17). The number of aromatic nitrogens is 1. The third-order valence-corrected chi connectivity index (χ3v) is 3.84. The van der Waals surface area contributed by atoms with Crippen molar-refractivity contribution >= 4 is 21.9 Å². The molecule has 0 spiro atoms. The Balaban J connectivity index is 2.61. The van der Waals surface area contributed by atoms with Gasteiger partial charge in [0, 0.05) is 11.6 Å². The van der Waals surface area contributed by atoms with Crippen LogP contribution in [-0.2, 0) is 0 Å². The maximum Gasteiger partial charge on any atom is 0.358 e. The molecule has 19 heavy (non-hydrogen) atoms. The quantitative estimate of drug-likeness (QED) is 0.935. The number of carboxylic acids is 1. The molecule has 0 aliphatic rings. The van der Waals surface area contributed by atoms with Crippen LogP contribution in [0, 0.1) is 13.8 Å². The Bertz CT molecular complexity index is 648. The summed E-state index contributed by atoms with van der Waals surface area (Å²) in [6.45, 7) is 3.80. The van der Waals surface area contributed by atoms with Gasteiger partial charge in [0.2, 0.25) is 0 Å². The zero-order valence-electron chi connectivity index (χ0n) is 10.7. The first-order valence-electron chi connectivity index (χ1n) is 5.49. The van der Waals surface area contributed by atoms with Gasteiger partial charge in [0.25, 0.3) is 0 Å². The molecule has 2 rings (SSSR count). The number of hydrogen-bond acceptors (Lipinski definition) is 4. The van der Waals surface area contributed by atoms with Gasteiger partial charge in [0.15, 0.2) is 11.5 Å². The van der Waals surface area contributed by atoms with E-state index in [1.807, 2.05) is 19.9 Å². The van der Waals surface area contributed by atoms with Gasteiger partial charge in [-0.3, -0.25) is 0 Å². The highest BCUT2D eigenvalue weighted by Crippen LogP contribution is 2.38. The molecule has 0 fully saturated rings. The number of methoxy groups -OCH3 is 1. The highest BCUT2D eigenvalue weighted by molar-refractivity contribution is 9.10. The van der Waals surface area contributed by atoms with Crippen LogP contribution in [0.2, 0.25) is 0 Å². The third kappa shape index (κ3) is 2.35. The number of carbonyl (C=O) groups is 1. The van der Waals surface area contributed by atoms with Crippen LogP contribution in [0.4, 0.5) is 0 Å². The van der Waals surface area contributed by atoms with Crippen LogP contribution in [0.3, 0.4) is 0 Å². The third-order valence-electron chi connectivity index (χ3n) is 2.86. The molecular formula is C13H12BrNO4. The first-order valence-corrected chi connectivity index (χ1v) is 6.29. The Morgan fingerprint density at radius 2 is 2.11 bits per heavy atom. The lowest BCUT2D eigenvalue weighted by Gasteiger charge is -2.12. The number of halogens is 1. The minimum Gasteiger partial charge on any atom is -0.496 e. The lowest BCUT2D eigenvalue weighted by molar-refractivity contribution is 0.0686. The van der Waals surface area contributed by atoms with Gasteiger partial charge in [-0.25, -0.2) is 4.79 Å². The van der Waals surface area contributed by atoms with Crippen LogP contribution in [0.5, 0.6) is 5.75 Å². The van der Waals surface area contributed by atoms with Crippen molar-refractivity contribution < 1.29 is 19.2 Å². The summed E-state index contributed by atoms with van der Waals surface area (Å²) < 4.78 is 11.2. The van der Waals surface area contributed by atoms with Gasteiger partial charge in [0.05, 0.1) is 11.6 Å². The van der Waals surface area contributed by atoms with E-state index < -0.39 is 5.97 Å². The predicted octanol–water partition coefficient (Wildman–Crippen LogP) is 3.43. The molecule has 0 saturated heterocycles. The summed E-state index contributed by atoms with van der Waals surface area (Å²) in [5, 5.41) is 12.4. The van der Waals surface area contributed by atoms with Gasteiger partial charge in [-0.05, 0) is 47.0 Å². The van der Waals surface area contributed by atoms with E-state index in [-0.39, 0.29) is 5.69 Å². The van der Waals surface area contributed by atoms with Crippen molar-refractivity contribution in [2.45, 2.75) is 13.8 Å². The smallest absolute Gasteiger partial charge is 0.358 e. The molecule has 0 aliphatic carbocycles. The van der Waals surface area contributed by atoms with Crippen molar-refractivity contribution in [1.29, 1.82) is 0 Å². The molecule has 1 heterocycles. The van der Waals surface area contributed by atoms with Crippen LogP contribution in [-0.4, -0.2) is 23.3 Å². The van der Waals surface area contributed by atoms with Crippen molar-refractivity contribution in [3.63, 3.8) is 0 Å². The maximum absolute atomic E-state index is 10.8. The van der Waals surface area contributed by atoms with E-state index in [9.17, 15) is 4.79 Å². The number of aromatic carboxylic acids is 1. The molecule has 2 aromatic rings. The van der Waals surface area contributed by atoms with Gasteiger partial charge in [-0.15, -0.1) is 0 Å². The van der Waals surface area contributed by atoms with Crippen molar-refractivity contribution in [2.75, 3.05) is 7.11 Å². The fourth-order valence-electron chi connectivity index (χ4n) is 1.94. The van der Waals surface area contributed by atoms with E-state index in [4.69, 9.17) is 14.4 Å². The molecule has 5 nitrogen and oxygen atoms in total. The van der Waals surface area contributed by atoms with Crippen molar-refractivity contribution in [2.24, 2.45) is 0 Å². The Morgan fingerprint density at radius 1 is 1.42 bits per heavy atom. The lowest BCUT2D eigenvalue weighted by atomic mass is 10.00. The molecule has 0 amide bonds. The molecule has 1 N–H and O–H groups in total. The van der Waals surface area contributed by atoms with Crippen molar-refractivity contribution in [3.05, 3.63) is 33.4 Å². The summed E-state index contributed by atoms with van der Waals surface area (Å²) in [6, 6.07) is 3.27. The molecule has 0 aliphatic heterocycles. The first kappa shape index (κ1) is 13.6. The molecule has 1 aromatic heterocycles. The molecule has 0 atom stereocenters. The van der Waals surface area contributed by atoms with Crippen LogP contribution in [0.1, 0.15) is 21.6 Å². The lowest BCUT2D eigenvalue weighted by Crippen LogP contribution is -1.95. The van der Waals surface area contributed by atoms with Crippen molar-refractivity contribution in [1.82, 2.24) is 5.16 Å². The fourth-order valence-corrected chi connectivity index (χ4v) is 2.42. The molecule has 1 aromatic carbocycles. The Labute approximate surface area is 118 Å². The molecule has 100 valence electrons. The summed E-state index contributed by atoms with van der Waals surface area (Å²) in [5.74, 6) is 0.0327. The predicted molar refractivity (Wildman–Crippen MR) is 72.6 cm³/mol. The summed E-state index contributed by atoms with van der Waals surface area (Å²) >= 11 is 3.45. The average molecular weight is 326 g/mol. The van der Waals surface area contributed by atoms with Crippen LogP contribution in [0.25, 0.3) is 11.3 Å². The number of hydrogen-bond donors (Lipinski definition) is 1. The van der Waals surface area contributed by atoms with Gasteiger partial charge >= 0.3 is 5.97 Å². The van der Waals surface area contributed by atoms with Crippen LogP contribution >= 0.6 is 15.9 Å². The zero-order chi connectivity index (χ0) is 14.2. The second kappa shape index (κ2) is 5.05. The SMILES string of the molecule is COc1cc(C)c(-c2cc(C(=O)O)no2)c(C)c1Br. The molecule has 0 bridgehead atoms. The minimum atomic E-state index is -1.11. The number of carboxylic acid groups (broad SMARTS) is 1. The Morgan fingerprint density at radius 3 is 2.63 bits per heavy atom. The number of benzene rings is 1. The highest BCUT2D eigenvalue weighted by Gasteiger charge is 2.19. The number of rotatable bonds is 3. The average Bonchev–Trinajstić information content (AvgIpc) is 2.83. The second-order valence-corrected chi connectivity index (χ2v) is 4.88. The zero-order valence-corrected chi connectivity index (χ0v) is 12.2. The molecule has 0 radical (unpaired) electrons. The monoisotopic (exact) mass is 325 g/mol. The van der Waals surface area contributed by atoms with Crippen LogP contribution in [0.15, 0.2) is 21.1 Å². The Kier molecular flexibility index (Phi) is 3.61. The van der Waals surface area contributed by atoms with E-state index in [1.54, 1.807) is 7.11 Å². The minimum absolute atomic E-state index is 0.110. The number of aryl methyl sites for hydroxylation is 1. The maximum atomic E-state index is 10.8. The van der Waals surface area contributed by atoms with Gasteiger partial charge in [-0.2, -0.15) is 0 Å². The van der Waals surface area contributed by atoms with E-state index in [2.05, 4.69) is 21.1 Å². The highest BCUT2D eigenvalue weighted by atomic mass is 79.9. The van der Waals surface area contributed by atoms with Gasteiger partial charge in [0.1, 0.15) is 5.75 Å². The summed E-state index contributed by atoms with van der Waals surface area (Å²) in [6.07, 6.45) is 0.